The van der Waals surface area contributed by atoms with Gasteiger partial charge in [0.25, 0.3) is 0 Å². The molecule has 0 N–H and O–H groups in total. The topological polar surface area (TPSA) is 12.9 Å². The summed E-state index contributed by atoms with van der Waals surface area (Å²) >= 11 is 0. The Kier molecular flexibility index (Phi) is 5.54. The second kappa shape index (κ2) is 8.42. The summed E-state index contributed by atoms with van der Waals surface area (Å²) in [5, 5.41) is 0.299. The summed E-state index contributed by atoms with van der Waals surface area (Å²) in [6, 6.07) is 17.4. The van der Waals surface area contributed by atoms with E-state index in [2.05, 4.69) is 29.8 Å². The van der Waals surface area contributed by atoms with Gasteiger partial charge >= 0.3 is 0 Å². The highest BCUT2D eigenvalue weighted by atomic mass is 19.2. The fourth-order valence-corrected chi connectivity index (χ4v) is 3.28. The highest BCUT2D eigenvalue weighted by Crippen LogP contribution is 2.24. The summed E-state index contributed by atoms with van der Waals surface area (Å²) in [6.07, 6.45) is 4.01. The van der Waals surface area contributed by atoms with E-state index in [1.807, 2.05) is 36.5 Å². The fraction of sp³-hybridized carbons (Fsp3) is 0.115. The number of aryl methyl sites for hydroxylation is 1. The number of halogens is 3. The Balaban J connectivity index is 1.56. The van der Waals surface area contributed by atoms with Crippen LogP contribution in [0.3, 0.4) is 0 Å². The van der Waals surface area contributed by atoms with Crippen LogP contribution in [-0.4, -0.2) is 4.98 Å². The highest BCUT2D eigenvalue weighted by Gasteiger charge is 2.13. The lowest BCUT2D eigenvalue weighted by atomic mass is 10.0. The van der Waals surface area contributed by atoms with E-state index in [9.17, 15) is 13.2 Å². The van der Waals surface area contributed by atoms with Crippen LogP contribution in [0.25, 0.3) is 22.0 Å². The molecule has 0 aliphatic carbocycles. The van der Waals surface area contributed by atoms with Crippen molar-refractivity contribution in [2.45, 2.75) is 19.8 Å². The van der Waals surface area contributed by atoms with Gasteiger partial charge in [-0.15, -0.1) is 0 Å². The molecule has 1 aromatic heterocycles. The number of pyridine rings is 1. The second-order valence-corrected chi connectivity index (χ2v) is 7.05. The van der Waals surface area contributed by atoms with Gasteiger partial charge in [0.15, 0.2) is 17.5 Å². The Morgan fingerprint density at radius 3 is 2.23 bits per heavy atom. The smallest absolute Gasteiger partial charge is 0.195 e. The summed E-state index contributed by atoms with van der Waals surface area (Å²) in [5.41, 5.74) is 4.52. The molecule has 0 aliphatic rings. The van der Waals surface area contributed by atoms with E-state index < -0.39 is 17.5 Å². The number of nitrogens with zero attached hydrogens (tertiary/aromatic N) is 1. The minimum Gasteiger partial charge on any atom is -0.256 e. The van der Waals surface area contributed by atoms with Gasteiger partial charge in [-0.25, -0.2) is 13.2 Å². The van der Waals surface area contributed by atoms with Gasteiger partial charge < -0.3 is 0 Å². The van der Waals surface area contributed by atoms with Crippen molar-refractivity contribution in [1.29, 1.82) is 0 Å². The molecule has 0 spiro atoms. The third-order valence-electron chi connectivity index (χ3n) is 4.87. The number of aromatic nitrogens is 1. The molecule has 148 valence electrons. The number of rotatable bonds is 3. The predicted molar refractivity (Wildman–Crippen MR) is 113 cm³/mol. The molecule has 1 nitrogen and oxygen atoms in total. The lowest BCUT2D eigenvalue weighted by molar-refractivity contribution is 0.453. The maximum atomic E-state index is 13.8. The fourth-order valence-electron chi connectivity index (χ4n) is 3.28. The molecule has 0 bridgehead atoms. The monoisotopic (exact) mass is 401 g/mol. The molecule has 1 heterocycles. The van der Waals surface area contributed by atoms with Crippen molar-refractivity contribution in [3.63, 3.8) is 0 Å². The van der Waals surface area contributed by atoms with Gasteiger partial charge in [0.1, 0.15) is 0 Å². The maximum Gasteiger partial charge on any atom is 0.195 e. The van der Waals surface area contributed by atoms with Crippen molar-refractivity contribution < 1.29 is 13.2 Å². The van der Waals surface area contributed by atoms with Gasteiger partial charge in [0.05, 0.1) is 5.69 Å². The summed E-state index contributed by atoms with van der Waals surface area (Å²) in [7, 11) is 0. The summed E-state index contributed by atoms with van der Waals surface area (Å²) in [5.74, 6) is 2.16. The Bertz CT molecular complexity index is 1260. The molecule has 4 heteroatoms. The van der Waals surface area contributed by atoms with Crippen LogP contribution in [0.15, 0.2) is 66.9 Å². The molecule has 0 aliphatic heterocycles. The molecule has 3 aromatic carbocycles. The van der Waals surface area contributed by atoms with E-state index in [1.165, 1.54) is 11.6 Å². The predicted octanol–water partition coefficient (Wildman–Crippen LogP) is 6.67. The Hall–Kier alpha value is -3.58. The van der Waals surface area contributed by atoms with Crippen molar-refractivity contribution >= 4 is 10.8 Å². The molecule has 0 amide bonds. The largest absolute Gasteiger partial charge is 0.256 e. The van der Waals surface area contributed by atoms with Gasteiger partial charge in [-0.05, 0) is 53.8 Å². The molecule has 4 aromatic rings. The number of fused-ring (bicyclic) bond motifs is 1. The zero-order valence-electron chi connectivity index (χ0n) is 16.3. The zero-order valence-corrected chi connectivity index (χ0v) is 16.3. The van der Waals surface area contributed by atoms with Gasteiger partial charge in [-0.1, -0.05) is 49.5 Å². The van der Waals surface area contributed by atoms with Crippen LogP contribution >= 0.6 is 0 Å². The van der Waals surface area contributed by atoms with E-state index >= 15 is 0 Å². The molecule has 4 rings (SSSR count). The number of hydrogen-bond acceptors (Lipinski definition) is 1. The van der Waals surface area contributed by atoms with Crippen LogP contribution in [0, 0.1) is 29.3 Å². The normalized spacial score (nSPS) is 10.7. The molecular formula is C26H18F3N. The van der Waals surface area contributed by atoms with Crippen molar-refractivity contribution in [3.8, 4) is 23.1 Å². The van der Waals surface area contributed by atoms with E-state index in [1.54, 1.807) is 12.1 Å². The van der Waals surface area contributed by atoms with Gasteiger partial charge in [0.2, 0.25) is 0 Å². The van der Waals surface area contributed by atoms with Crippen LogP contribution in [0.2, 0.25) is 0 Å². The Morgan fingerprint density at radius 2 is 1.53 bits per heavy atom. The van der Waals surface area contributed by atoms with Crippen molar-refractivity contribution in [3.05, 3.63) is 101 Å². The first-order valence-corrected chi connectivity index (χ1v) is 9.70. The molecule has 0 fully saturated rings. The molecule has 0 unspecified atom stereocenters. The minimum atomic E-state index is -1.46. The van der Waals surface area contributed by atoms with Crippen LogP contribution < -0.4 is 0 Å². The molecule has 0 saturated heterocycles. The van der Waals surface area contributed by atoms with Crippen molar-refractivity contribution in [1.82, 2.24) is 4.98 Å². The van der Waals surface area contributed by atoms with Crippen LogP contribution in [0.1, 0.15) is 30.0 Å². The average molecular weight is 401 g/mol. The summed E-state index contributed by atoms with van der Waals surface area (Å²) < 4.78 is 40.7. The third kappa shape index (κ3) is 4.06. The first kappa shape index (κ1) is 19.7. The quantitative estimate of drug-likeness (QED) is 0.276. The molecule has 0 radical (unpaired) electrons. The Labute approximate surface area is 173 Å². The SMILES string of the molecule is CCCc1ccc(-c2ccc(C#Cc3ccc4c(F)c(F)c(F)cc4c3)cc2)nc1. The van der Waals surface area contributed by atoms with Crippen LogP contribution in [0.4, 0.5) is 13.2 Å². The first-order chi connectivity index (χ1) is 14.5. The van der Waals surface area contributed by atoms with E-state index in [4.69, 9.17) is 0 Å². The Morgan fingerprint density at radius 1 is 0.800 bits per heavy atom. The summed E-state index contributed by atoms with van der Waals surface area (Å²) in [4.78, 5) is 4.52. The third-order valence-corrected chi connectivity index (χ3v) is 4.87. The standard InChI is InChI=1S/C26H18F3N/c1-2-3-19-9-13-24(30-16-19)20-10-6-17(7-11-20)4-5-18-8-12-22-21(14-18)15-23(27)26(29)25(22)28/h6-16H,2-3H2,1H3. The molecule has 30 heavy (non-hydrogen) atoms. The zero-order chi connectivity index (χ0) is 21.1. The highest BCUT2D eigenvalue weighted by molar-refractivity contribution is 5.84. The number of hydrogen-bond donors (Lipinski definition) is 0. The number of benzene rings is 3. The molecule has 0 atom stereocenters. The van der Waals surface area contributed by atoms with Gasteiger partial charge in [-0.3, -0.25) is 4.98 Å². The summed E-state index contributed by atoms with van der Waals surface area (Å²) in [6.45, 7) is 2.14. The average Bonchev–Trinajstić information content (AvgIpc) is 2.77. The van der Waals surface area contributed by atoms with E-state index in [0.717, 1.165) is 35.7 Å². The second-order valence-electron chi connectivity index (χ2n) is 7.05. The van der Waals surface area contributed by atoms with Gasteiger partial charge in [-0.2, -0.15) is 0 Å². The van der Waals surface area contributed by atoms with E-state index in [-0.39, 0.29) is 10.8 Å². The lowest BCUT2D eigenvalue weighted by Gasteiger charge is -2.03. The van der Waals surface area contributed by atoms with Gasteiger partial charge in [0, 0.05) is 28.3 Å². The maximum absolute atomic E-state index is 13.8. The van der Waals surface area contributed by atoms with Crippen molar-refractivity contribution in [2.75, 3.05) is 0 Å². The lowest BCUT2D eigenvalue weighted by Crippen LogP contribution is -1.92. The first-order valence-electron chi connectivity index (χ1n) is 9.70. The van der Waals surface area contributed by atoms with Crippen LogP contribution in [0.5, 0.6) is 0 Å². The minimum absolute atomic E-state index is 0.0289. The van der Waals surface area contributed by atoms with Crippen molar-refractivity contribution in [2.24, 2.45) is 0 Å². The molecular weight excluding hydrogens is 383 g/mol. The molecule has 0 saturated carbocycles. The van der Waals surface area contributed by atoms with E-state index in [0.29, 0.717) is 5.56 Å². The van der Waals surface area contributed by atoms with Crippen LogP contribution in [-0.2, 0) is 6.42 Å².